The molecule has 0 aliphatic carbocycles. The summed E-state index contributed by atoms with van der Waals surface area (Å²) >= 11 is 12.2. The summed E-state index contributed by atoms with van der Waals surface area (Å²) in [6, 6.07) is 5.77. The van der Waals surface area contributed by atoms with Crippen LogP contribution in [0, 0.1) is 5.92 Å². The molecule has 0 bridgehead atoms. The van der Waals surface area contributed by atoms with Gasteiger partial charge >= 0.3 is 0 Å². The Morgan fingerprint density at radius 1 is 1.44 bits per heavy atom. The van der Waals surface area contributed by atoms with E-state index in [0.29, 0.717) is 16.0 Å². The maximum Gasteiger partial charge on any atom is 0.0825 e. The Kier molecular flexibility index (Phi) is 3.95. The molecule has 1 fully saturated rings. The molecule has 1 aromatic rings. The number of nitrogens with one attached hydrogen (secondary N) is 1. The standard InChI is InChI=1S/C12H16Cl2N2/c1-16(8-9-5-6-15-7-9)11-4-2-3-10(13)12(11)14/h2-4,9,15H,5-8H2,1H3. The maximum absolute atomic E-state index is 6.18. The molecular formula is C12H16Cl2N2. The number of rotatable bonds is 3. The van der Waals surface area contributed by atoms with E-state index in [0.717, 1.165) is 25.3 Å². The van der Waals surface area contributed by atoms with E-state index in [2.05, 4.69) is 17.3 Å². The third kappa shape index (κ3) is 2.62. The quantitative estimate of drug-likeness (QED) is 0.897. The van der Waals surface area contributed by atoms with Gasteiger partial charge in [0.15, 0.2) is 0 Å². The fraction of sp³-hybridized carbons (Fsp3) is 0.500. The first kappa shape index (κ1) is 12.0. The molecule has 16 heavy (non-hydrogen) atoms. The highest BCUT2D eigenvalue weighted by Crippen LogP contribution is 2.32. The molecule has 2 rings (SSSR count). The molecule has 1 aliphatic rings. The van der Waals surface area contributed by atoms with Gasteiger partial charge in [0.25, 0.3) is 0 Å². The van der Waals surface area contributed by atoms with E-state index in [1.54, 1.807) is 0 Å². The average molecular weight is 259 g/mol. The molecule has 0 spiro atoms. The monoisotopic (exact) mass is 258 g/mol. The van der Waals surface area contributed by atoms with Gasteiger partial charge in [0, 0.05) is 13.6 Å². The third-order valence-corrected chi connectivity index (χ3v) is 3.85. The Morgan fingerprint density at radius 3 is 2.94 bits per heavy atom. The van der Waals surface area contributed by atoms with Gasteiger partial charge in [-0.1, -0.05) is 29.3 Å². The van der Waals surface area contributed by atoms with Crippen molar-refractivity contribution in [2.45, 2.75) is 6.42 Å². The SMILES string of the molecule is CN(CC1CCNC1)c1cccc(Cl)c1Cl. The molecule has 2 nitrogen and oxygen atoms in total. The van der Waals surface area contributed by atoms with E-state index >= 15 is 0 Å². The second kappa shape index (κ2) is 5.26. The van der Waals surface area contributed by atoms with Crippen LogP contribution in [0.25, 0.3) is 0 Å². The Labute approximate surface area is 107 Å². The summed E-state index contributed by atoms with van der Waals surface area (Å²) in [6.07, 6.45) is 1.24. The molecule has 1 aromatic carbocycles. The highest BCUT2D eigenvalue weighted by Gasteiger charge is 2.18. The molecule has 0 aromatic heterocycles. The summed E-state index contributed by atoms with van der Waals surface area (Å²) in [4.78, 5) is 2.19. The maximum atomic E-state index is 6.18. The summed E-state index contributed by atoms with van der Waals surface area (Å²) < 4.78 is 0. The number of nitrogens with zero attached hydrogens (tertiary/aromatic N) is 1. The van der Waals surface area contributed by atoms with E-state index in [-0.39, 0.29) is 0 Å². The predicted octanol–water partition coefficient (Wildman–Crippen LogP) is 3.04. The van der Waals surface area contributed by atoms with Crippen molar-refractivity contribution in [3.05, 3.63) is 28.2 Å². The number of hydrogen-bond donors (Lipinski definition) is 1. The van der Waals surface area contributed by atoms with Crippen molar-refractivity contribution >= 4 is 28.9 Å². The van der Waals surface area contributed by atoms with Crippen LogP contribution in [0.2, 0.25) is 10.0 Å². The van der Waals surface area contributed by atoms with Gasteiger partial charge in [0.05, 0.1) is 15.7 Å². The Bertz CT molecular complexity index is 362. The minimum atomic E-state index is 0.621. The van der Waals surface area contributed by atoms with E-state index < -0.39 is 0 Å². The zero-order valence-electron chi connectivity index (χ0n) is 9.34. The van der Waals surface area contributed by atoms with Crippen LogP contribution in [-0.2, 0) is 0 Å². The van der Waals surface area contributed by atoms with E-state index in [4.69, 9.17) is 23.2 Å². The summed E-state index contributed by atoms with van der Waals surface area (Å²) in [5.74, 6) is 0.708. The first-order valence-corrected chi connectivity index (χ1v) is 6.30. The van der Waals surface area contributed by atoms with E-state index in [1.807, 2.05) is 18.2 Å². The highest BCUT2D eigenvalue weighted by molar-refractivity contribution is 6.43. The van der Waals surface area contributed by atoms with Crippen molar-refractivity contribution in [3.8, 4) is 0 Å². The first-order chi connectivity index (χ1) is 7.68. The molecule has 0 radical (unpaired) electrons. The van der Waals surface area contributed by atoms with Gasteiger partial charge in [-0.25, -0.2) is 0 Å². The third-order valence-electron chi connectivity index (χ3n) is 3.04. The van der Waals surface area contributed by atoms with Crippen LogP contribution in [-0.4, -0.2) is 26.7 Å². The molecule has 1 atom stereocenters. The number of anilines is 1. The molecule has 88 valence electrons. The van der Waals surface area contributed by atoms with Crippen molar-refractivity contribution in [2.24, 2.45) is 5.92 Å². The van der Waals surface area contributed by atoms with Gasteiger partial charge in [0.1, 0.15) is 0 Å². The lowest BCUT2D eigenvalue weighted by molar-refractivity contribution is 0.578. The van der Waals surface area contributed by atoms with Crippen molar-refractivity contribution in [2.75, 3.05) is 31.6 Å². The Hall–Kier alpha value is -0.440. The van der Waals surface area contributed by atoms with Gasteiger partial charge in [-0.05, 0) is 37.6 Å². The van der Waals surface area contributed by atoms with Crippen LogP contribution < -0.4 is 10.2 Å². The van der Waals surface area contributed by atoms with E-state index in [9.17, 15) is 0 Å². The molecule has 1 heterocycles. The van der Waals surface area contributed by atoms with Crippen LogP contribution in [0.3, 0.4) is 0 Å². The van der Waals surface area contributed by atoms with Crippen LogP contribution in [0.1, 0.15) is 6.42 Å². The lowest BCUT2D eigenvalue weighted by Crippen LogP contribution is -2.26. The summed E-state index contributed by atoms with van der Waals surface area (Å²) in [5, 5.41) is 4.64. The zero-order chi connectivity index (χ0) is 11.5. The van der Waals surface area contributed by atoms with Crippen LogP contribution in [0.5, 0.6) is 0 Å². The Morgan fingerprint density at radius 2 is 2.25 bits per heavy atom. The predicted molar refractivity (Wildman–Crippen MR) is 70.7 cm³/mol. The smallest absolute Gasteiger partial charge is 0.0825 e. The summed E-state index contributed by atoms with van der Waals surface area (Å²) in [6.45, 7) is 3.25. The minimum absolute atomic E-state index is 0.621. The topological polar surface area (TPSA) is 15.3 Å². The Balaban J connectivity index is 2.07. The second-order valence-corrected chi connectivity index (χ2v) is 5.10. The molecule has 0 saturated carbocycles. The summed E-state index contributed by atoms with van der Waals surface area (Å²) in [7, 11) is 2.07. The molecular weight excluding hydrogens is 243 g/mol. The lowest BCUT2D eigenvalue weighted by Gasteiger charge is -2.24. The largest absolute Gasteiger partial charge is 0.373 e. The van der Waals surface area contributed by atoms with Crippen molar-refractivity contribution in [1.82, 2.24) is 5.32 Å². The van der Waals surface area contributed by atoms with E-state index in [1.165, 1.54) is 6.42 Å². The first-order valence-electron chi connectivity index (χ1n) is 5.54. The van der Waals surface area contributed by atoms with Gasteiger partial charge in [0.2, 0.25) is 0 Å². The van der Waals surface area contributed by atoms with Gasteiger partial charge in [-0.2, -0.15) is 0 Å². The number of hydrogen-bond acceptors (Lipinski definition) is 2. The molecule has 1 N–H and O–H groups in total. The van der Waals surface area contributed by atoms with Gasteiger partial charge in [-0.15, -0.1) is 0 Å². The zero-order valence-corrected chi connectivity index (χ0v) is 10.9. The fourth-order valence-corrected chi connectivity index (χ4v) is 2.58. The van der Waals surface area contributed by atoms with Crippen LogP contribution >= 0.6 is 23.2 Å². The highest BCUT2D eigenvalue weighted by atomic mass is 35.5. The van der Waals surface area contributed by atoms with Crippen LogP contribution in [0.15, 0.2) is 18.2 Å². The molecule has 0 amide bonds. The second-order valence-electron chi connectivity index (χ2n) is 4.31. The van der Waals surface area contributed by atoms with Gasteiger partial charge in [-0.3, -0.25) is 0 Å². The van der Waals surface area contributed by atoms with Crippen LogP contribution in [0.4, 0.5) is 5.69 Å². The normalized spacial score (nSPS) is 20.1. The molecule has 1 saturated heterocycles. The molecule has 1 aliphatic heterocycles. The number of halogens is 2. The molecule has 1 unspecified atom stereocenters. The minimum Gasteiger partial charge on any atom is -0.373 e. The average Bonchev–Trinajstić information content (AvgIpc) is 2.74. The summed E-state index contributed by atoms with van der Waals surface area (Å²) in [5.41, 5.74) is 1.01. The lowest BCUT2D eigenvalue weighted by atomic mass is 10.1. The molecule has 4 heteroatoms. The fourth-order valence-electron chi connectivity index (χ4n) is 2.14. The van der Waals surface area contributed by atoms with Crippen molar-refractivity contribution in [3.63, 3.8) is 0 Å². The van der Waals surface area contributed by atoms with Crippen molar-refractivity contribution in [1.29, 1.82) is 0 Å². The number of benzene rings is 1. The van der Waals surface area contributed by atoms with Gasteiger partial charge < -0.3 is 10.2 Å². The van der Waals surface area contributed by atoms with Crippen molar-refractivity contribution < 1.29 is 0 Å².